The van der Waals surface area contributed by atoms with E-state index in [4.69, 9.17) is 0 Å². The van der Waals surface area contributed by atoms with Crippen molar-refractivity contribution >= 4 is 16.7 Å². The second-order valence-corrected chi connectivity index (χ2v) is 6.22. The van der Waals surface area contributed by atoms with E-state index in [1.54, 1.807) is 18.2 Å². The van der Waals surface area contributed by atoms with Gasteiger partial charge in [-0.2, -0.15) is 0 Å². The largest absolute Gasteiger partial charge is 0.348 e. The van der Waals surface area contributed by atoms with E-state index in [2.05, 4.69) is 31.3 Å². The van der Waals surface area contributed by atoms with Gasteiger partial charge < -0.3 is 5.32 Å². The maximum Gasteiger partial charge on any atom is 0.252 e. The molecule has 24 heavy (non-hydrogen) atoms. The predicted octanol–water partition coefficient (Wildman–Crippen LogP) is 5.03. The molecule has 0 unspecified atom stereocenters. The third kappa shape index (κ3) is 3.30. The van der Waals surface area contributed by atoms with Crippen LogP contribution in [0, 0.1) is 5.82 Å². The standard InChI is InChI=1S/C21H20FNO/c1-14(2)16-9-7-15(8-10-16)13-23-21(24)19-11-12-20(22)18-6-4-3-5-17(18)19/h3-12,14H,13H2,1-2H3,(H,23,24). The van der Waals surface area contributed by atoms with Gasteiger partial charge in [-0.1, -0.05) is 62.4 Å². The van der Waals surface area contributed by atoms with Crippen LogP contribution in [0.1, 0.15) is 41.3 Å². The molecule has 1 N–H and O–H groups in total. The number of hydrogen-bond acceptors (Lipinski definition) is 1. The summed E-state index contributed by atoms with van der Waals surface area (Å²) in [4.78, 5) is 12.5. The Bertz CT molecular complexity index is 869. The van der Waals surface area contributed by atoms with Crippen molar-refractivity contribution < 1.29 is 9.18 Å². The topological polar surface area (TPSA) is 29.1 Å². The van der Waals surface area contributed by atoms with Crippen molar-refractivity contribution in [1.29, 1.82) is 0 Å². The monoisotopic (exact) mass is 321 g/mol. The van der Waals surface area contributed by atoms with Crippen molar-refractivity contribution in [1.82, 2.24) is 5.32 Å². The minimum absolute atomic E-state index is 0.195. The van der Waals surface area contributed by atoms with Gasteiger partial charge in [-0.25, -0.2) is 4.39 Å². The Balaban J connectivity index is 1.77. The number of rotatable bonds is 4. The van der Waals surface area contributed by atoms with Gasteiger partial charge in [-0.3, -0.25) is 4.79 Å². The number of fused-ring (bicyclic) bond motifs is 1. The average Bonchev–Trinajstić information content (AvgIpc) is 2.60. The fraction of sp³-hybridized carbons (Fsp3) is 0.190. The van der Waals surface area contributed by atoms with E-state index in [1.165, 1.54) is 17.7 Å². The molecule has 3 rings (SSSR count). The van der Waals surface area contributed by atoms with Gasteiger partial charge in [0, 0.05) is 17.5 Å². The first kappa shape index (κ1) is 16.2. The van der Waals surface area contributed by atoms with E-state index >= 15 is 0 Å². The Labute approximate surface area is 141 Å². The molecule has 0 aliphatic heterocycles. The molecule has 122 valence electrons. The zero-order valence-electron chi connectivity index (χ0n) is 13.8. The number of carbonyl (C=O) groups is 1. The summed E-state index contributed by atoms with van der Waals surface area (Å²) in [6.45, 7) is 4.75. The maximum atomic E-state index is 13.9. The van der Waals surface area contributed by atoms with Crippen LogP contribution in [-0.2, 0) is 6.54 Å². The van der Waals surface area contributed by atoms with E-state index in [0.29, 0.717) is 28.8 Å². The van der Waals surface area contributed by atoms with Crippen LogP contribution in [0.15, 0.2) is 60.7 Å². The predicted molar refractivity (Wildman–Crippen MR) is 95.6 cm³/mol. The molecule has 3 heteroatoms. The molecule has 0 radical (unpaired) electrons. The van der Waals surface area contributed by atoms with Gasteiger partial charge in [0.2, 0.25) is 0 Å². The molecular weight excluding hydrogens is 301 g/mol. The molecule has 0 saturated carbocycles. The van der Waals surface area contributed by atoms with E-state index in [1.807, 2.05) is 18.2 Å². The van der Waals surface area contributed by atoms with Gasteiger partial charge >= 0.3 is 0 Å². The quantitative estimate of drug-likeness (QED) is 0.717. The number of benzene rings is 3. The normalized spacial score (nSPS) is 11.0. The van der Waals surface area contributed by atoms with Gasteiger partial charge in [-0.15, -0.1) is 0 Å². The summed E-state index contributed by atoms with van der Waals surface area (Å²) in [5.41, 5.74) is 2.81. The van der Waals surface area contributed by atoms with Gasteiger partial charge in [0.25, 0.3) is 5.91 Å². The zero-order chi connectivity index (χ0) is 17.1. The highest BCUT2D eigenvalue weighted by Gasteiger charge is 2.12. The van der Waals surface area contributed by atoms with Crippen LogP contribution in [0.3, 0.4) is 0 Å². The molecule has 0 spiro atoms. The third-order valence-electron chi connectivity index (χ3n) is 4.21. The van der Waals surface area contributed by atoms with Crippen LogP contribution >= 0.6 is 0 Å². The average molecular weight is 321 g/mol. The highest BCUT2D eigenvalue weighted by atomic mass is 19.1. The number of halogens is 1. The van der Waals surface area contributed by atoms with Gasteiger partial charge in [-0.05, 0) is 34.6 Å². The Hall–Kier alpha value is -2.68. The minimum Gasteiger partial charge on any atom is -0.348 e. The highest BCUT2D eigenvalue weighted by molar-refractivity contribution is 6.07. The van der Waals surface area contributed by atoms with Crippen molar-refractivity contribution in [3.63, 3.8) is 0 Å². The molecule has 0 atom stereocenters. The number of nitrogens with one attached hydrogen (secondary N) is 1. The summed E-state index contributed by atoms with van der Waals surface area (Å²) in [7, 11) is 0. The lowest BCUT2D eigenvalue weighted by Crippen LogP contribution is -2.23. The molecule has 0 saturated heterocycles. The molecule has 0 fully saturated rings. The second-order valence-electron chi connectivity index (χ2n) is 6.22. The summed E-state index contributed by atoms with van der Waals surface area (Å²) in [6.07, 6.45) is 0. The van der Waals surface area contributed by atoms with E-state index in [0.717, 1.165) is 5.56 Å². The summed E-state index contributed by atoms with van der Waals surface area (Å²) in [5, 5.41) is 4.01. The first-order valence-corrected chi connectivity index (χ1v) is 8.10. The van der Waals surface area contributed by atoms with Crippen LogP contribution < -0.4 is 5.32 Å². The lowest BCUT2D eigenvalue weighted by molar-refractivity contribution is 0.0952. The lowest BCUT2D eigenvalue weighted by Gasteiger charge is -2.10. The van der Waals surface area contributed by atoms with E-state index in [9.17, 15) is 9.18 Å². The smallest absolute Gasteiger partial charge is 0.252 e. The van der Waals surface area contributed by atoms with Crippen molar-refractivity contribution in [2.75, 3.05) is 0 Å². The van der Waals surface area contributed by atoms with Crippen LogP contribution in [0.5, 0.6) is 0 Å². The third-order valence-corrected chi connectivity index (χ3v) is 4.21. The van der Waals surface area contributed by atoms with Crippen LogP contribution in [-0.4, -0.2) is 5.91 Å². The molecule has 3 aromatic carbocycles. The van der Waals surface area contributed by atoms with Crippen LogP contribution in [0.4, 0.5) is 4.39 Å². The molecule has 2 nitrogen and oxygen atoms in total. The van der Waals surface area contributed by atoms with E-state index < -0.39 is 0 Å². The van der Waals surface area contributed by atoms with Gasteiger partial charge in [0.1, 0.15) is 5.82 Å². The zero-order valence-corrected chi connectivity index (χ0v) is 13.8. The number of carbonyl (C=O) groups excluding carboxylic acids is 1. The fourth-order valence-electron chi connectivity index (χ4n) is 2.76. The number of hydrogen-bond donors (Lipinski definition) is 1. The van der Waals surface area contributed by atoms with Gasteiger partial charge in [0.15, 0.2) is 0 Å². The Morgan fingerprint density at radius 1 is 0.958 bits per heavy atom. The molecule has 0 heterocycles. The molecule has 0 bridgehead atoms. The summed E-state index contributed by atoms with van der Waals surface area (Å²) in [5.74, 6) is -0.0234. The highest BCUT2D eigenvalue weighted by Crippen LogP contribution is 2.22. The van der Waals surface area contributed by atoms with E-state index in [-0.39, 0.29) is 11.7 Å². The van der Waals surface area contributed by atoms with Crippen molar-refractivity contribution in [2.45, 2.75) is 26.3 Å². The summed E-state index contributed by atoms with van der Waals surface area (Å²) < 4.78 is 13.9. The minimum atomic E-state index is -0.313. The molecule has 0 aliphatic rings. The van der Waals surface area contributed by atoms with Gasteiger partial charge in [0.05, 0.1) is 0 Å². The molecule has 0 aliphatic carbocycles. The fourth-order valence-corrected chi connectivity index (χ4v) is 2.76. The first-order chi connectivity index (χ1) is 11.6. The Morgan fingerprint density at radius 2 is 1.62 bits per heavy atom. The summed E-state index contributed by atoms with van der Waals surface area (Å²) in [6, 6.07) is 18.1. The van der Waals surface area contributed by atoms with Crippen molar-refractivity contribution in [2.24, 2.45) is 0 Å². The molecule has 0 aromatic heterocycles. The van der Waals surface area contributed by atoms with Crippen LogP contribution in [0.25, 0.3) is 10.8 Å². The molecular formula is C21H20FNO. The lowest BCUT2D eigenvalue weighted by atomic mass is 10.0. The van der Waals surface area contributed by atoms with Crippen LogP contribution in [0.2, 0.25) is 0 Å². The Morgan fingerprint density at radius 3 is 2.29 bits per heavy atom. The van der Waals surface area contributed by atoms with Crippen molar-refractivity contribution in [3.8, 4) is 0 Å². The maximum absolute atomic E-state index is 13.9. The molecule has 1 amide bonds. The molecule has 3 aromatic rings. The second kappa shape index (κ2) is 6.83. The first-order valence-electron chi connectivity index (χ1n) is 8.10. The number of amides is 1. The summed E-state index contributed by atoms with van der Waals surface area (Å²) >= 11 is 0. The Kier molecular flexibility index (Phi) is 4.61. The SMILES string of the molecule is CC(C)c1ccc(CNC(=O)c2ccc(F)c3ccccc23)cc1. The van der Waals surface area contributed by atoms with Crippen molar-refractivity contribution in [3.05, 3.63) is 83.2 Å².